The maximum atomic E-state index is 13.3. The van der Waals surface area contributed by atoms with Gasteiger partial charge in [-0.3, -0.25) is 19.7 Å². The molecule has 1 N–H and O–H groups in total. The number of benzene rings is 2. The van der Waals surface area contributed by atoms with E-state index in [-0.39, 0.29) is 48.2 Å². The summed E-state index contributed by atoms with van der Waals surface area (Å²) in [6.07, 6.45) is 5.28. The first-order valence-corrected chi connectivity index (χ1v) is 11.9. The molecule has 35 heavy (non-hydrogen) atoms. The van der Waals surface area contributed by atoms with Crippen molar-refractivity contribution in [3.05, 3.63) is 63.7 Å². The van der Waals surface area contributed by atoms with Crippen molar-refractivity contribution in [2.24, 2.45) is 0 Å². The largest absolute Gasteiger partial charge is 0.490 e. The Labute approximate surface area is 205 Å². The van der Waals surface area contributed by atoms with Gasteiger partial charge < -0.3 is 19.7 Å². The maximum Gasteiger partial charge on any atom is 0.311 e. The van der Waals surface area contributed by atoms with Crippen LogP contribution in [0.4, 0.5) is 5.69 Å². The summed E-state index contributed by atoms with van der Waals surface area (Å²) >= 11 is 0. The Balaban J connectivity index is 1.73. The van der Waals surface area contributed by atoms with Gasteiger partial charge in [-0.15, -0.1) is 0 Å². The number of nitrogens with zero attached hydrogens (tertiary/aromatic N) is 2. The fraction of sp³-hybridized carbons (Fsp3) is 0.462. The van der Waals surface area contributed by atoms with Crippen LogP contribution in [0, 0.1) is 17.0 Å². The van der Waals surface area contributed by atoms with Crippen molar-refractivity contribution in [1.29, 1.82) is 0 Å². The molecule has 2 aromatic rings. The molecule has 1 atom stereocenters. The molecule has 2 aromatic carbocycles. The third-order valence-electron chi connectivity index (χ3n) is 6.26. The zero-order valence-corrected chi connectivity index (χ0v) is 20.5. The van der Waals surface area contributed by atoms with Crippen molar-refractivity contribution >= 4 is 17.5 Å². The molecular weight excluding hydrogens is 450 g/mol. The SMILES string of the molecule is COc1cc(OCC(=O)N(Cc2cccc(C)c2)[C@H](C)C(=O)NC2CCCCC2)ccc1[N+](=O)[O-]. The highest BCUT2D eigenvalue weighted by atomic mass is 16.6. The number of methoxy groups -OCH3 is 1. The molecule has 2 amide bonds. The lowest BCUT2D eigenvalue weighted by molar-refractivity contribution is -0.385. The standard InChI is InChI=1S/C26H33N3O6/c1-18-8-7-9-20(14-18)16-28(19(2)26(31)27-21-10-5-4-6-11-21)25(30)17-35-22-12-13-23(29(32)33)24(15-22)34-3/h7-9,12-15,19,21H,4-6,10-11,16-17H2,1-3H3,(H,27,31)/t19-/m1/s1. The van der Waals surface area contributed by atoms with Crippen LogP contribution in [0.3, 0.4) is 0 Å². The molecule has 0 unspecified atom stereocenters. The highest BCUT2D eigenvalue weighted by Gasteiger charge is 2.28. The van der Waals surface area contributed by atoms with Gasteiger partial charge in [0, 0.05) is 24.7 Å². The van der Waals surface area contributed by atoms with Crippen LogP contribution in [0.2, 0.25) is 0 Å². The van der Waals surface area contributed by atoms with Crippen LogP contribution >= 0.6 is 0 Å². The molecule has 188 valence electrons. The Morgan fingerprint density at radius 3 is 2.57 bits per heavy atom. The number of hydrogen-bond donors (Lipinski definition) is 1. The van der Waals surface area contributed by atoms with Gasteiger partial charge in [0.25, 0.3) is 5.91 Å². The number of amides is 2. The predicted molar refractivity (Wildman–Crippen MR) is 131 cm³/mol. The molecule has 0 bridgehead atoms. The van der Waals surface area contributed by atoms with Crippen molar-refractivity contribution in [3.63, 3.8) is 0 Å². The first-order chi connectivity index (χ1) is 16.8. The summed E-state index contributed by atoms with van der Waals surface area (Å²) in [6.45, 7) is 3.63. The number of aryl methyl sites for hydroxylation is 1. The van der Waals surface area contributed by atoms with Crippen LogP contribution < -0.4 is 14.8 Å². The van der Waals surface area contributed by atoms with E-state index < -0.39 is 11.0 Å². The van der Waals surface area contributed by atoms with E-state index in [0.717, 1.165) is 36.8 Å². The van der Waals surface area contributed by atoms with Crippen molar-refractivity contribution < 1.29 is 24.0 Å². The Morgan fingerprint density at radius 2 is 1.91 bits per heavy atom. The number of nitro benzene ring substituents is 1. The smallest absolute Gasteiger partial charge is 0.311 e. The Bertz CT molecular complexity index is 1050. The number of carbonyl (C=O) groups excluding carboxylic acids is 2. The second kappa shape index (κ2) is 12.2. The topological polar surface area (TPSA) is 111 Å². The zero-order chi connectivity index (χ0) is 25.4. The van der Waals surface area contributed by atoms with E-state index in [4.69, 9.17) is 9.47 Å². The van der Waals surface area contributed by atoms with Gasteiger partial charge in [-0.1, -0.05) is 49.1 Å². The van der Waals surface area contributed by atoms with Crippen LogP contribution in [0.5, 0.6) is 11.5 Å². The van der Waals surface area contributed by atoms with E-state index in [0.29, 0.717) is 0 Å². The number of ether oxygens (including phenoxy) is 2. The van der Waals surface area contributed by atoms with Gasteiger partial charge in [0.15, 0.2) is 6.61 Å². The third-order valence-corrected chi connectivity index (χ3v) is 6.26. The molecule has 0 aromatic heterocycles. The summed E-state index contributed by atoms with van der Waals surface area (Å²) in [5.74, 6) is -0.252. The maximum absolute atomic E-state index is 13.3. The first kappa shape index (κ1) is 26.0. The average Bonchev–Trinajstić information content (AvgIpc) is 2.85. The first-order valence-electron chi connectivity index (χ1n) is 11.9. The van der Waals surface area contributed by atoms with Gasteiger partial charge in [0.1, 0.15) is 11.8 Å². The normalized spacial score (nSPS) is 14.6. The number of hydrogen-bond acceptors (Lipinski definition) is 6. The number of nitro groups is 1. The molecule has 1 fully saturated rings. The fourth-order valence-electron chi connectivity index (χ4n) is 4.29. The van der Waals surface area contributed by atoms with Gasteiger partial charge in [0.05, 0.1) is 12.0 Å². The molecular formula is C26H33N3O6. The van der Waals surface area contributed by atoms with Gasteiger partial charge in [-0.25, -0.2) is 0 Å². The molecule has 3 rings (SSSR count). The molecule has 0 radical (unpaired) electrons. The molecule has 9 heteroatoms. The minimum Gasteiger partial charge on any atom is -0.490 e. The fourth-order valence-corrected chi connectivity index (χ4v) is 4.29. The van der Waals surface area contributed by atoms with E-state index in [2.05, 4.69) is 5.32 Å². The molecule has 1 aliphatic carbocycles. The van der Waals surface area contributed by atoms with E-state index in [1.807, 2.05) is 31.2 Å². The Hall–Kier alpha value is -3.62. The van der Waals surface area contributed by atoms with Gasteiger partial charge >= 0.3 is 5.69 Å². The van der Waals surface area contributed by atoms with Crippen LogP contribution in [0.1, 0.15) is 50.2 Å². The lowest BCUT2D eigenvalue weighted by atomic mass is 9.95. The summed E-state index contributed by atoms with van der Waals surface area (Å²) in [5.41, 5.74) is 1.77. The molecule has 0 saturated heterocycles. The number of nitrogens with one attached hydrogen (secondary N) is 1. The van der Waals surface area contributed by atoms with Crippen molar-refractivity contribution in [3.8, 4) is 11.5 Å². The lowest BCUT2D eigenvalue weighted by Crippen LogP contribution is -2.51. The highest BCUT2D eigenvalue weighted by Crippen LogP contribution is 2.30. The Kier molecular flexibility index (Phi) is 9.05. The molecule has 0 spiro atoms. The van der Waals surface area contributed by atoms with Gasteiger partial charge in [-0.2, -0.15) is 0 Å². The summed E-state index contributed by atoms with van der Waals surface area (Å²) < 4.78 is 10.7. The third kappa shape index (κ3) is 7.18. The van der Waals surface area contributed by atoms with Crippen molar-refractivity contribution in [2.45, 2.75) is 64.6 Å². The quantitative estimate of drug-likeness (QED) is 0.401. The van der Waals surface area contributed by atoms with E-state index in [9.17, 15) is 19.7 Å². The molecule has 9 nitrogen and oxygen atoms in total. The van der Waals surface area contributed by atoms with Crippen LogP contribution in [-0.4, -0.2) is 47.4 Å². The van der Waals surface area contributed by atoms with E-state index in [1.54, 1.807) is 6.92 Å². The monoisotopic (exact) mass is 483 g/mol. The van der Waals surface area contributed by atoms with Crippen LogP contribution in [0.25, 0.3) is 0 Å². The predicted octanol–water partition coefficient (Wildman–Crippen LogP) is 4.16. The van der Waals surface area contributed by atoms with E-state index in [1.165, 1.54) is 36.6 Å². The van der Waals surface area contributed by atoms with E-state index >= 15 is 0 Å². The molecule has 0 heterocycles. The summed E-state index contributed by atoms with van der Waals surface area (Å²) in [7, 11) is 1.33. The molecule has 1 aliphatic rings. The highest BCUT2D eigenvalue weighted by molar-refractivity contribution is 5.88. The van der Waals surface area contributed by atoms with Crippen molar-refractivity contribution in [2.75, 3.05) is 13.7 Å². The molecule has 0 aliphatic heterocycles. The number of rotatable bonds is 10. The van der Waals surface area contributed by atoms with Crippen LogP contribution in [0.15, 0.2) is 42.5 Å². The van der Waals surface area contributed by atoms with Gasteiger partial charge in [-0.05, 0) is 38.3 Å². The van der Waals surface area contributed by atoms with Crippen LogP contribution in [-0.2, 0) is 16.1 Å². The van der Waals surface area contributed by atoms with Crippen molar-refractivity contribution in [1.82, 2.24) is 10.2 Å². The second-order valence-corrected chi connectivity index (χ2v) is 8.91. The minimum atomic E-state index is -0.695. The zero-order valence-electron chi connectivity index (χ0n) is 20.5. The Morgan fingerprint density at radius 1 is 1.17 bits per heavy atom. The number of carbonyl (C=O) groups is 2. The molecule has 1 saturated carbocycles. The summed E-state index contributed by atoms with van der Waals surface area (Å²) in [4.78, 5) is 38.4. The second-order valence-electron chi connectivity index (χ2n) is 8.91. The summed E-state index contributed by atoms with van der Waals surface area (Å²) in [5, 5.41) is 14.2. The van der Waals surface area contributed by atoms with Gasteiger partial charge in [0.2, 0.25) is 11.7 Å². The lowest BCUT2D eigenvalue weighted by Gasteiger charge is -2.31. The minimum absolute atomic E-state index is 0.0387. The summed E-state index contributed by atoms with van der Waals surface area (Å²) in [6, 6.07) is 11.3. The average molecular weight is 484 g/mol.